The number of nitrogens with zero attached hydrogens (tertiary/aromatic N) is 2. The predicted molar refractivity (Wildman–Crippen MR) is 168 cm³/mol. The number of para-hydroxylation sites is 2. The van der Waals surface area contributed by atoms with Crippen LogP contribution in [0.5, 0.6) is 0 Å². The van der Waals surface area contributed by atoms with Gasteiger partial charge in [-0.25, -0.2) is 4.98 Å². The monoisotopic (exact) mass is 521 g/mol. The van der Waals surface area contributed by atoms with Gasteiger partial charge in [0.25, 0.3) is 0 Å². The lowest BCUT2D eigenvalue weighted by atomic mass is 9.81. The Morgan fingerprint density at radius 2 is 1.35 bits per heavy atom. The second-order valence-electron chi connectivity index (χ2n) is 10.9. The minimum Gasteiger partial charge on any atom is -0.295 e. The van der Waals surface area contributed by atoms with E-state index in [1.165, 1.54) is 0 Å². The molecule has 0 saturated carbocycles. The van der Waals surface area contributed by atoms with Crippen LogP contribution >= 0.6 is 0 Å². The molecule has 2 heteroatoms. The topological polar surface area (TPSA) is 17.8 Å². The van der Waals surface area contributed by atoms with Crippen molar-refractivity contribution in [2.24, 2.45) is 0 Å². The van der Waals surface area contributed by atoms with Gasteiger partial charge in [-0.15, -0.1) is 0 Å². The molecule has 7 aromatic rings. The summed E-state index contributed by atoms with van der Waals surface area (Å²) in [5.74, 6) is 0.919. The summed E-state index contributed by atoms with van der Waals surface area (Å²) in [5, 5.41) is 3.51. The maximum absolute atomic E-state index is 9.76. The molecule has 1 aliphatic carbocycles. The van der Waals surface area contributed by atoms with Gasteiger partial charge in [-0.1, -0.05) is 118 Å². The molecule has 8 rings (SSSR count). The highest BCUT2D eigenvalue weighted by Gasteiger charge is 2.35. The van der Waals surface area contributed by atoms with Crippen molar-refractivity contribution in [2.75, 3.05) is 0 Å². The van der Waals surface area contributed by atoms with Crippen molar-refractivity contribution >= 4 is 32.6 Å². The smallest absolute Gasteiger partial charge is 0.114 e. The van der Waals surface area contributed by atoms with E-state index < -0.39 is 5.41 Å². The number of aryl methyl sites for hydroxylation is 1. The van der Waals surface area contributed by atoms with Gasteiger partial charge in [0.1, 0.15) is 5.82 Å². The van der Waals surface area contributed by atoms with Gasteiger partial charge in [-0.05, 0) is 62.3 Å². The third-order valence-corrected chi connectivity index (χ3v) is 8.32. The molecule has 0 fully saturated rings. The summed E-state index contributed by atoms with van der Waals surface area (Å²) < 4.78 is 65.0. The summed E-state index contributed by atoms with van der Waals surface area (Å²) >= 11 is 0. The Kier molecular flexibility index (Phi) is 3.59. The maximum atomic E-state index is 9.76. The first kappa shape index (κ1) is 17.1. The predicted octanol–water partition coefficient (Wildman–Crippen LogP) is 9.87. The molecule has 0 atom stereocenters. The van der Waals surface area contributed by atoms with Gasteiger partial charge in [0.2, 0.25) is 0 Å². The summed E-state index contributed by atoms with van der Waals surface area (Å²) in [6.07, 6.45) is 0.714. The third kappa shape index (κ3) is 3.08. The van der Waals surface area contributed by atoms with Crippen LogP contribution in [0.4, 0.5) is 0 Å². The molecule has 0 bridgehead atoms. The van der Waals surface area contributed by atoms with Gasteiger partial charge in [-0.3, -0.25) is 4.57 Å². The number of hydrogen-bond donors (Lipinski definition) is 0. The first-order valence-electron chi connectivity index (χ1n) is 17.2. The van der Waals surface area contributed by atoms with Crippen molar-refractivity contribution in [2.45, 2.75) is 32.6 Å². The van der Waals surface area contributed by atoms with Crippen LogP contribution in [0.1, 0.15) is 47.3 Å². The quantitative estimate of drug-likeness (QED) is 0.212. The Bertz CT molecular complexity index is 2460. The third-order valence-electron chi connectivity index (χ3n) is 8.32. The van der Waals surface area contributed by atoms with E-state index in [0.29, 0.717) is 28.7 Å². The van der Waals surface area contributed by atoms with E-state index in [4.69, 9.17) is 10.5 Å². The molecule has 0 N–H and O–H groups in total. The zero-order valence-corrected chi connectivity index (χ0v) is 22.5. The van der Waals surface area contributed by atoms with E-state index in [9.17, 15) is 4.11 Å². The summed E-state index contributed by atoms with van der Waals surface area (Å²) in [7, 11) is 0. The highest BCUT2D eigenvalue weighted by atomic mass is 15.1. The Balaban J connectivity index is 1.54. The summed E-state index contributed by atoms with van der Waals surface area (Å²) in [6.45, 7) is 5.78. The van der Waals surface area contributed by atoms with Crippen LogP contribution in [-0.4, -0.2) is 9.55 Å². The van der Waals surface area contributed by atoms with Gasteiger partial charge in [0.15, 0.2) is 0 Å². The molecule has 0 spiro atoms. The van der Waals surface area contributed by atoms with Crippen molar-refractivity contribution in [3.63, 3.8) is 0 Å². The highest BCUT2D eigenvalue weighted by Crippen LogP contribution is 2.51. The standard InChI is InChI=1S/C38H30N2/c1-4-35-39-33-19-11-12-20-34(33)40(35)37-29-16-7-5-14-27(29)36(28-15-6-8-17-30(28)37)24-21-22-26-25-13-9-10-18-31(25)38(2,3)32(26)23-24/h5-23H,4H2,1-3H3/i9D,10D,13D,18D,21D,22D,23D. The molecule has 1 aliphatic rings. The van der Waals surface area contributed by atoms with Crippen LogP contribution < -0.4 is 0 Å². The Hall–Kier alpha value is -4.69. The average molecular weight is 522 g/mol. The number of aromatic nitrogens is 2. The number of hydrogen-bond acceptors (Lipinski definition) is 1. The number of benzene rings is 6. The SMILES string of the molecule is [2H]c1c([2H])c([2H])c2c(c1[2H])-c1c([2H])c([2H])c(-c3c4ccccc4c(-n4c(CC)nc5ccccc54)c4ccccc34)c([2H])c1C2(C)C. The largest absolute Gasteiger partial charge is 0.295 e. The summed E-state index contributed by atoms with van der Waals surface area (Å²) in [6, 6.07) is 22.7. The zero-order valence-electron chi connectivity index (χ0n) is 29.5. The van der Waals surface area contributed by atoms with Crippen LogP contribution in [0.15, 0.2) is 115 Å². The fourth-order valence-electron chi connectivity index (χ4n) is 6.46. The van der Waals surface area contributed by atoms with Crippen molar-refractivity contribution < 1.29 is 9.60 Å². The van der Waals surface area contributed by atoms with Crippen molar-refractivity contribution in [3.05, 3.63) is 132 Å². The van der Waals surface area contributed by atoms with E-state index in [0.717, 1.165) is 44.1 Å². The fraction of sp³-hybridized carbons (Fsp3) is 0.132. The Morgan fingerprint density at radius 3 is 2.08 bits per heavy atom. The molecule has 2 nitrogen and oxygen atoms in total. The second kappa shape index (κ2) is 8.40. The lowest BCUT2D eigenvalue weighted by Gasteiger charge is -2.23. The van der Waals surface area contributed by atoms with Gasteiger partial charge in [0.05, 0.1) is 26.3 Å². The average Bonchev–Trinajstić information content (AvgIpc) is 3.57. The van der Waals surface area contributed by atoms with Gasteiger partial charge in [0, 0.05) is 22.6 Å². The van der Waals surface area contributed by atoms with Gasteiger partial charge < -0.3 is 0 Å². The molecule has 0 unspecified atom stereocenters. The molecule has 192 valence electrons. The summed E-state index contributed by atoms with van der Waals surface area (Å²) in [4.78, 5) is 4.96. The molecular weight excluding hydrogens is 484 g/mol. The highest BCUT2D eigenvalue weighted by molar-refractivity contribution is 6.18. The molecule has 1 aromatic heterocycles. The van der Waals surface area contributed by atoms with Gasteiger partial charge in [-0.2, -0.15) is 0 Å². The van der Waals surface area contributed by atoms with Crippen LogP contribution in [0, 0.1) is 0 Å². The van der Waals surface area contributed by atoms with E-state index in [2.05, 4.69) is 29.7 Å². The normalized spacial score (nSPS) is 16.1. The van der Waals surface area contributed by atoms with Gasteiger partial charge >= 0.3 is 0 Å². The molecule has 40 heavy (non-hydrogen) atoms. The first-order valence-corrected chi connectivity index (χ1v) is 13.7. The Labute approximate surface area is 244 Å². The molecule has 0 amide bonds. The molecular formula is C38H30N2. The lowest BCUT2D eigenvalue weighted by Crippen LogP contribution is -2.14. The number of rotatable bonds is 3. The van der Waals surface area contributed by atoms with Crippen molar-refractivity contribution in [1.29, 1.82) is 0 Å². The van der Waals surface area contributed by atoms with E-state index in [1.54, 1.807) is 0 Å². The van der Waals surface area contributed by atoms with E-state index in [1.807, 2.05) is 68.4 Å². The van der Waals surface area contributed by atoms with Crippen LogP contribution in [-0.2, 0) is 11.8 Å². The molecule has 0 saturated heterocycles. The fourth-order valence-corrected chi connectivity index (χ4v) is 6.46. The number of imidazole rings is 1. The van der Waals surface area contributed by atoms with E-state index >= 15 is 0 Å². The summed E-state index contributed by atoms with van der Waals surface area (Å²) in [5.41, 5.74) is 4.12. The van der Waals surface area contributed by atoms with Crippen LogP contribution in [0.25, 0.3) is 60.5 Å². The van der Waals surface area contributed by atoms with Crippen molar-refractivity contribution in [3.8, 4) is 27.9 Å². The lowest BCUT2D eigenvalue weighted by molar-refractivity contribution is 0.660. The first-order chi connectivity index (χ1) is 22.5. The molecule has 6 aromatic carbocycles. The number of fused-ring (bicyclic) bond motifs is 6. The molecule has 0 aliphatic heterocycles. The maximum Gasteiger partial charge on any atom is 0.114 e. The second-order valence-corrected chi connectivity index (χ2v) is 10.9. The zero-order chi connectivity index (χ0) is 33.1. The minimum atomic E-state index is -1.01. The molecule has 0 radical (unpaired) electrons. The van der Waals surface area contributed by atoms with E-state index in [-0.39, 0.29) is 53.4 Å². The van der Waals surface area contributed by atoms with Crippen LogP contribution in [0.2, 0.25) is 0 Å². The van der Waals surface area contributed by atoms with Crippen molar-refractivity contribution in [1.82, 2.24) is 9.55 Å². The Morgan fingerprint density at radius 1 is 0.725 bits per heavy atom. The minimum absolute atomic E-state index is 0.0597. The molecule has 1 heterocycles. The van der Waals surface area contributed by atoms with Crippen LogP contribution in [0.3, 0.4) is 0 Å².